The largest absolute Gasteiger partial charge is 0.465 e. The summed E-state index contributed by atoms with van der Waals surface area (Å²) < 4.78 is 4.66. The van der Waals surface area contributed by atoms with Crippen molar-refractivity contribution in [1.29, 1.82) is 0 Å². The van der Waals surface area contributed by atoms with Crippen molar-refractivity contribution in [2.45, 2.75) is 13.0 Å². The topological polar surface area (TPSA) is 93.5 Å². The van der Waals surface area contributed by atoms with E-state index in [1.54, 1.807) is 6.92 Å². The van der Waals surface area contributed by atoms with Crippen LogP contribution in [0.3, 0.4) is 0 Å². The fraction of sp³-hybridized carbons (Fsp3) is 0.333. The van der Waals surface area contributed by atoms with Crippen molar-refractivity contribution in [3.63, 3.8) is 0 Å². The molecular formula is C12H16ClN3O3. The molecule has 0 heterocycles. The zero-order valence-electron chi connectivity index (χ0n) is 10.9. The van der Waals surface area contributed by atoms with Crippen molar-refractivity contribution in [2.75, 3.05) is 25.2 Å². The average molecular weight is 286 g/mol. The van der Waals surface area contributed by atoms with Crippen molar-refractivity contribution in [1.82, 2.24) is 5.32 Å². The third-order valence-corrected chi connectivity index (χ3v) is 2.82. The summed E-state index contributed by atoms with van der Waals surface area (Å²) in [6.07, 6.45) is 0. The zero-order chi connectivity index (χ0) is 14.6. The Bertz CT molecular complexity index is 505. The second-order valence-electron chi connectivity index (χ2n) is 3.90. The van der Waals surface area contributed by atoms with Gasteiger partial charge >= 0.3 is 5.97 Å². The lowest BCUT2D eigenvalue weighted by Gasteiger charge is -2.18. The van der Waals surface area contributed by atoms with Gasteiger partial charge in [-0.25, -0.2) is 4.79 Å². The predicted octanol–water partition coefficient (Wildman–Crippen LogP) is 1.26. The molecule has 1 aromatic rings. The molecule has 104 valence electrons. The molecule has 1 aromatic carbocycles. The third-order valence-electron chi connectivity index (χ3n) is 2.52. The van der Waals surface area contributed by atoms with E-state index in [0.717, 1.165) is 0 Å². The summed E-state index contributed by atoms with van der Waals surface area (Å²) in [5, 5.41) is 5.61. The number of halogens is 1. The van der Waals surface area contributed by atoms with Crippen LogP contribution in [-0.4, -0.2) is 32.1 Å². The minimum Gasteiger partial charge on any atom is -0.465 e. The molecule has 1 atom stereocenters. The Kier molecular flexibility index (Phi) is 5.00. The number of rotatable bonds is 4. The predicted molar refractivity (Wildman–Crippen MR) is 74.4 cm³/mol. The van der Waals surface area contributed by atoms with E-state index >= 15 is 0 Å². The second kappa shape index (κ2) is 6.29. The van der Waals surface area contributed by atoms with Crippen LogP contribution in [0.15, 0.2) is 12.1 Å². The lowest BCUT2D eigenvalue weighted by Crippen LogP contribution is -2.35. The molecule has 0 radical (unpaired) electrons. The third kappa shape index (κ3) is 3.51. The quantitative estimate of drug-likeness (QED) is 0.572. The minimum atomic E-state index is -0.583. The highest BCUT2D eigenvalue weighted by Crippen LogP contribution is 2.30. The van der Waals surface area contributed by atoms with Gasteiger partial charge in [0.05, 0.1) is 23.4 Å². The highest BCUT2D eigenvalue weighted by Gasteiger charge is 2.20. The van der Waals surface area contributed by atoms with Crippen molar-refractivity contribution in [2.24, 2.45) is 0 Å². The molecule has 1 unspecified atom stereocenters. The number of hydrogen-bond donors (Lipinski definition) is 3. The number of esters is 1. The van der Waals surface area contributed by atoms with Crippen LogP contribution in [0.25, 0.3) is 0 Å². The monoisotopic (exact) mass is 285 g/mol. The molecule has 0 bridgehead atoms. The van der Waals surface area contributed by atoms with Crippen LogP contribution in [0.2, 0.25) is 5.02 Å². The smallest absolute Gasteiger partial charge is 0.340 e. The molecule has 0 fully saturated rings. The van der Waals surface area contributed by atoms with Gasteiger partial charge in [-0.2, -0.15) is 0 Å². The van der Waals surface area contributed by atoms with Crippen LogP contribution in [0.4, 0.5) is 11.4 Å². The number of nitrogens with two attached hydrogens (primary N) is 1. The Balaban J connectivity index is 3.18. The maximum absolute atomic E-state index is 11.7. The van der Waals surface area contributed by atoms with Crippen molar-refractivity contribution >= 4 is 34.9 Å². The maximum atomic E-state index is 11.7. The molecule has 0 saturated carbocycles. The number of nitrogens with one attached hydrogen (secondary N) is 2. The molecule has 0 aliphatic heterocycles. The number of ether oxygens (including phenoxy) is 1. The normalized spacial score (nSPS) is 11.6. The number of nitrogen functional groups attached to an aromatic ring is 1. The first-order valence-electron chi connectivity index (χ1n) is 5.56. The maximum Gasteiger partial charge on any atom is 0.340 e. The van der Waals surface area contributed by atoms with Gasteiger partial charge in [0.1, 0.15) is 6.04 Å². The lowest BCUT2D eigenvalue weighted by atomic mass is 10.1. The van der Waals surface area contributed by atoms with Gasteiger partial charge in [0.15, 0.2) is 0 Å². The van der Waals surface area contributed by atoms with Gasteiger partial charge in [-0.15, -0.1) is 0 Å². The average Bonchev–Trinajstić information content (AvgIpc) is 2.39. The van der Waals surface area contributed by atoms with Crippen molar-refractivity contribution in [3.05, 3.63) is 22.7 Å². The first kappa shape index (κ1) is 15.1. The molecular weight excluding hydrogens is 270 g/mol. The van der Waals surface area contributed by atoms with Crippen LogP contribution in [0, 0.1) is 0 Å². The molecule has 19 heavy (non-hydrogen) atoms. The molecule has 0 spiro atoms. The van der Waals surface area contributed by atoms with Gasteiger partial charge in [0.25, 0.3) is 0 Å². The first-order chi connectivity index (χ1) is 8.90. The Labute approximate surface area is 116 Å². The van der Waals surface area contributed by atoms with Crippen LogP contribution in [0.5, 0.6) is 0 Å². The first-order valence-corrected chi connectivity index (χ1v) is 5.94. The molecule has 0 aliphatic rings. The molecule has 0 aliphatic carbocycles. The summed E-state index contributed by atoms with van der Waals surface area (Å²) in [4.78, 5) is 23.2. The zero-order valence-corrected chi connectivity index (χ0v) is 11.7. The molecule has 6 nitrogen and oxygen atoms in total. The van der Waals surface area contributed by atoms with Crippen LogP contribution >= 0.6 is 11.6 Å². The number of hydrogen-bond acceptors (Lipinski definition) is 5. The summed E-state index contributed by atoms with van der Waals surface area (Å²) in [6, 6.07) is 2.37. The van der Waals surface area contributed by atoms with Crippen molar-refractivity contribution in [3.8, 4) is 0 Å². The van der Waals surface area contributed by atoms with E-state index in [0.29, 0.717) is 11.4 Å². The lowest BCUT2D eigenvalue weighted by molar-refractivity contribution is -0.121. The van der Waals surface area contributed by atoms with Gasteiger partial charge in [-0.1, -0.05) is 11.6 Å². The Morgan fingerprint density at radius 2 is 2.05 bits per heavy atom. The van der Waals surface area contributed by atoms with Crippen LogP contribution < -0.4 is 16.4 Å². The van der Waals surface area contributed by atoms with E-state index in [-0.39, 0.29) is 16.5 Å². The van der Waals surface area contributed by atoms with Crippen LogP contribution in [-0.2, 0) is 9.53 Å². The van der Waals surface area contributed by atoms with Gasteiger partial charge in [-0.05, 0) is 19.1 Å². The van der Waals surface area contributed by atoms with Crippen LogP contribution in [0.1, 0.15) is 17.3 Å². The summed E-state index contributed by atoms with van der Waals surface area (Å²) >= 11 is 6.05. The fourth-order valence-electron chi connectivity index (χ4n) is 1.54. The Morgan fingerprint density at radius 1 is 1.42 bits per heavy atom. The summed E-state index contributed by atoms with van der Waals surface area (Å²) in [7, 11) is 2.78. The molecule has 1 rings (SSSR count). The Hall–Kier alpha value is -1.95. The molecule has 4 N–H and O–H groups in total. The number of amides is 1. The SMILES string of the molecule is CNC(=O)C(C)Nc1c(Cl)cc(N)cc1C(=O)OC. The van der Waals surface area contributed by atoms with Gasteiger partial charge < -0.3 is 21.1 Å². The molecule has 7 heteroatoms. The number of methoxy groups -OCH3 is 1. The number of carbonyl (C=O) groups is 2. The van der Waals surface area contributed by atoms with E-state index in [1.807, 2.05) is 0 Å². The number of anilines is 2. The fourth-order valence-corrected chi connectivity index (χ4v) is 1.83. The minimum absolute atomic E-state index is 0.184. The van der Waals surface area contributed by atoms with E-state index in [4.69, 9.17) is 17.3 Å². The van der Waals surface area contributed by atoms with E-state index < -0.39 is 12.0 Å². The second-order valence-corrected chi connectivity index (χ2v) is 4.30. The molecule has 0 saturated heterocycles. The number of carbonyl (C=O) groups excluding carboxylic acids is 2. The molecule has 1 amide bonds. The molecule has 0 aromatic heterocycles. The highest BCUT2D eigenvalue weighted by atomic mass is 35.5. The summed E-state index contributed by atoms with van der Waals surface area (Å²) in [5.74, 6) is -0.815. The van der Waals surface area contributed by atoms with E-state index in [9.17, 15) is 9.59 Å². The van der Waals surface area contributed by atoms with E-state index in [1.165, 1.54) is 26.3 Å². The van der Waals surface area contributed by atoms with Gasteiger partial charge in [0, 0.05) is 12.7 Å². The number of benzene rings is 1. The van der Waals surface area contributed by atoms with E-state index in [2.05, 4.69) is 15.4 Å². The summed E-state index contributed by atoms with van der Waals surface area (Å²) in [5.41, 5.74) is 6.48. The standard InChI is InChI=1S/C12H16ClN3O3/c1-6(11(17)15-2)16-10-8(12(18)19-3)4-7(14)5-9(10)13/h4-6,16H,14H2,1-3H3,(H,15,17). The number of likely N-dealkylation sites (N-methyl/N-ethyl adjacent to an activating group) is 1. The van der Waals surface area contributed by atoms with Gasteiger partial charge in [-0.3, -0.25) is 4.79 Å². The Morgan fingerprint density at radius 3 is 2.58 bits per heavy atom. The van der Waals surface area contributed by atoms with Gasteiger partial charge in [0.2, 0.25) is 5.91 Å². The summed E-state index contributed by atoms with van der Waals surface area (Å²) in [6.45, 7) is 1.65. The van der Waals surface area contributed by atoms with Crippen molar-refractivity contribution < 1.29 is 14.3 Å². The highest BCUT2D eigenvalue weighted by molar-refractivity contribution is 6.34.